The van der Waals surface area contributed by atoms with Gasteiger partial charge in [-0.2, -0.15) is 0 Å². The summed E-state index contributed by atoms with van der Waals surface area (Å²) < 4.78 is 49.1. The van der Waals surface area contributed by atoms with Gasteiger partial charge in [-0.15, -0.1) is 16.8 Å². The van der Waals surface area contributed by atoms with E-state index in [1.807, 2.05) is 0 Å². The fourth-order valence-corrected chi connectivity index (χ4v) is 1.56. The molecule has 6 nitrogen and oxygen atoms in total. The first-order valence-corrected chi connectivity index (χ1v) is 5.17. The lowest BCUT2D eigenvalue weighted by Gasteiger charge is -1.80. The molecule has 0 aromatic rings. The second kappa shape index (κ2) is 2.40. The Labute approximate surface area is 60.6 Å². The van der Waals surface area contributed by atoms with Crippen molar-refractivity contribution in [3.8, 4) is 0 Å². The number of hydrogen-bond donors (Lipinski definition) is 1. The van der Waals surface area contributed by atoms with Crippen LogP contribution < -0.4 is 0 Å². The number of nitrogens with one attached hydrogen (secondary N) is 1. The topological polar surface area (TPSA) is 95.1 Å². The molecule has 0 unspecified atom stereocenters. The first kappa shape index (κ1) is 9.72. The fourth-order valence-electron chi connectivity index (χ4n) is 0.106. The third kappa shape index (κ3) is 2.54. The standard InChI is InChI=1S/ClFHN2O4S2/c1-9(5,6)4(3)10(2,7)8/h3H/q+1. The molecule has 0 bridgehead atoms. The molecule has 0 radical (unpaired) electrons. The minimum atomic E-state index is -5.58. The number of rotatable bonds is 2. The molecule has 0 atom stereocenters. The van der Waals surface area contributed by atoms with Gasteiger partial charge in [-0.05, 0) is 9.42 Å². The first-order chi connectivity index (χ1) is 4.15. The second-order valence-corrected chi connectivity index (χ2v) is 4.86. The molecule has 1 N–H and O–H groups in total. The highest BCUT2D eigenvalue weighted by Crippen LogP contribution is 2.05. The average molecular weight is 212 g/mol. The van der Waals surface area contributed by atoms with E-state index in [0.717, 1.165) is 0 Å². The van der Waals surface area contributed by atoms with Gasteiger partial charge in [0.2, 0.25) is 0 Å². The van der Waals surface area contributed by atoms with Crippen molar-refractivity contribution in [3.05, 3.63) is 0 Å². The van der Waals surface area contributed by atoms with Crippen LogP contribution in [0.25, 0.3) is 0 Å². The van der Waals surface area contributed by atoms with Gasteiger partial charge < -0.3 is 0 Å². The molecule has 0 spiro atoms. The highest BCUT2D eigenvalue weighted by Gasteiger charge is 2.37. The smallest absolute Gasteiger partial charge is 0.144 e. The number of halogens is 2. The van der Waals surface area contributed by atoms with E-state index in [0.29, 0.717) is 0 Å². The number of nitrogens with zero attached hydrogens (tertiary/aromatic N) is 1. The molecule has 0 saturated carbocycles. The summed E-state index contributed by atoms with van der Waals surface area (Å²) in [7, 11) is -6.17. The summed E-state index contributed by atoms with van der Waals surface area (Å²) in [6.07, 6.45) is 0. The molecule has 0 amide bonds. The van der Waals surface area contributed by atoms with E-state index >= 15 is 0 Å². The number of hydrogen-bond acceptors (Lipinski definition) is 5. The Kier molecular flexibility index (Phi) is 2.33. The Bertz CT molecular complexity index is 303. The van der Waals surface area contributed by atoms with Crippen molar-refractivity contribution < 1.29 is 24.2 Å². The van der Waals surface area contributed by atoms with Crippen LogP contribution in [0, 0.1) is 5.53 Å². The maximum atomic E-state index is 11.5. The second-order valence-electron chi connectivity index (χ2n) is 1.08. The van der Waals surface area contributed by atoms with Crippen LogP contribution in [0.2, 0.25) is 0 Å². The van der Waals surface area contributed by atoms with Crippen LogP contribution in [0.1, 0.15) is 0 Å². The molecular formula is HClFN2O4S2+. The van der Waals surface area contributed by atoms with Crippen molar-refractivity contribution >= 4 is 30.3 Å². The van der Waals surface area contributed by atoms with Crippen LogP contribution in [0.5, 0.6) is 0 Å². The van der Waals surface area contributed by atoms with Gasteiger partial charge in [-0.1, -0.05) is 0 Å². The zero-order valence-corrected chi connectivity index (χ0v) is 6.54. The molecule has 0 aliphatic rings. The van der Waals surface area contributed by atoms with Crippen LogP contribution in [-0.4, -0.2) is 20.3 Å². The van der Waals surface area contributed by atoms with Crippen molar-refractivity contribution in [2.45, 2.75) is 0 Å². The predicted molar refractivity (Wildman–Crippen MR) is 27.8 cm³/mol. The zero-order valence-electron chi connectivity index (χ0n) is 4.15. The molecule has 0 rings (SSSR count). The molecule has 0 aliphatic heterocycles. The molecule has 0 aromatic heterocycles. The van der Waals surface area contributed by atoms with Gasteiger partial charge in [-0.25, -0.2) is 0 Å². The molecule has 10 heavy (non-hydrogen) atoms. The lowest BCUT2D eigenvalue weighted by atomic mass is 13.2. The van der Waals surface area contributed by atoms with E-state index in [4.69, 9.17) is 5.53 Å². The lowest BCUT2D eigenvalue weighted by Crippen LogP contribution is -2.16. The lowest BCUT2D eigenvalue weighted by molar-refractivity contribution is -0.300. The molecule has 0 heterocycles. The SMILES string of the molecule is N=[N+](S(=O)(=O)F)S(=O)(=O)Cl. The Morgan fingerprint density at radius 3 is 1.60 bits per heavy atom. The van der Waals surface area contributed by atoms with Gasteiger partial charge in [0.1, 0.15) is 0 Å². The zero-order chi connectivity index (χ0) is 8.58. The molecule has 60 valence electrons. The van der Waals surface area contributed by atoms with E-state index in [1.54, 1.807) is 0 Å². The van der Waals surface area contributed by atoms with Crippen molar-refractivity contribution in [2.75, 3.05) is 0 Å². The summed E-state index contributed by atoms with van der Waals surface area (Å²) in [5.74, 6) is 0. The van der Waals surface area contributed by atoms with Gasteiger partial charge >= 0.3 is 19.6 Å². The van der Waals surface area contributed by atoms with E-state index in [-0.39, 0.29) is 0 Å². The Morgan fingerprint density at radius 2 is 1.60 bits per heavy atom. The fraction of sp³-hybridized carbons (Fsp3) is 0. The summed E-state index contributed by atoms with van der Waals surface area (Å²) in [5.41, 5.74) is 6.03. The molecule has 0 saturated heterocycles. The molecule has 0 aliphatic carbocycles. The van der Waals surface area contributed by atoms with E-state index in [9.17, 15) is 20.7 Å². The van der Waals surface area contributed by atoms with Crippen LogP contribution in [0.15, 0.2) is 0 Å². The Morgan fingerprint density at radius 1 is 1.30 bits per heavy atom. The molecule has 0 fully saturated rings. The van der Waals surface area contributed by atoms with E-state index in [1.165, 1.54) is 0 Å². The summed E-state index contributed by atoms with van der Waals surface area (Å²) >= 11 is 0. The quantitative estimate of drug-likeness (QED) is 0.386. The van der Waals surface area contributed by atoms with Crippen molar-refractivity contribution in [1.29, 1.82) is 5.53 Å². The monoisotopic (exact) mass is 211 g/mol. The minimum absolute atomic E-state index is 1.33. The average Bonchev–Trinajstić information content (AvgIpc) is 1.59. The van der Waals surface area contributed by atoms with Crippen LogP contribution in [0.4, 0.5) is 3.89 Å². The van der Waals surface area contributed by atoms with Crippen LogP contribution in [0.3, 0.4) is 0 Å². The van der Waals surface area contributed by atoms with Crippen LogP contribution in [-0.2, 0) is 19.6 Å². The van der Waals surface area contributed by atoms with Gasteiger partial charge in [0.15, 0.2) is 3.51 Å². The third-order valence-corrected chi connectivity index (χ3v) is 2.97. The third-order valence-electron chi connectivity index (χ3n) is 0.396. The van der Waals surface area contributed by atoms with Gasteiger partial charge in [0.05, 0.1) is 10.7 Å². The maximum Gasteiger partial charge on any atom is 0.593 e. The predicted octanol–water partition coefficient (Wildman–Crippen LogP) is -0.272. The van der Waals surface area contributed by atoms with Gasteiger partial charge in [0, 0.05) is 0 Å². The van der Waals surface area contributed by atoms with Crippen molar-refractivity contribution in [2.24, 2.45) is 0 Å². The van der Waals surface area contributed by atoms with Gasteiger partial charge in [-0.3, -0.25) is 0 Å². The maximum absolute atomic E-state index is 11.5. The first-order valence-electron chi connectivity index (χ1n) is 1.56. The summed E-state index contributed by atoms with van der Waals surface area (Å²) in [4.78, 5) is 0. The van der Waals surface area contributed by atoms with E-state index in [2.05, 4.69) is 10.7 Å². The normalized spacial score (nSPS) is 13.0. The minimum Gasteiger partial charge on any atom is -0.144 e. The van der Waals surface area contributed by atoms with Crippen molar-refractivity contribution in [3.63, 3.8) is 0 Å². The highest BCUT2D eigenvalue weighted by molar-refractivity contribution is 8.12. The van der Waals surface area contributed by atoms with Crippen LogP contribution >= 0.6 is 10.7 Å². The summed E-state index contributed by atoms with van der Waals surface area (Å²) in [6, 6.07) is 0. The Hall–Kier alpha value is -0.280. The van der Waals surface area contributed by atoms with Crippen molar-refractivity contribution in [1.82, 2.24) is 0 Å². The highest BCUT2D eigenvalue weighted by atomic mass is 35.7. The molecule has 10 heteroatoms. The molecular weight excluding hydrogens is 211 g/mol. The van der Waals surface area contributed by atoms with Gasteiger partial charge in [0.25, 0.3) is 0 Å². The van der Waals surface area contributed by atoms with E-state index < -0.39 is 23.2 Å². The summed E-state index contributed by atoms with van der Waals surface area (Å²) in [6.45, 7) is 0. The molecule has 0 aromatic carbocycles. The largest absolute Gasteiger partial charge is 0.593 e. The summed E-state index contributed by atoms with van der Waals surface area (Å²) in [5, 5.41) is 0. The Balaban J connectivity index is 5.16.